The molecule has 1 aliphatic rings. The number of rotatable bonds is 3. The zero-order chi connectivity index (χ0) is 13.0. The van der Waals surface area contributed by atoms with Gasteiger partial charge in [-0.15, -0.1) is 0 Å². The highest BCUT2D eigenvalue weighted by Crippen LogP contribution is 2.17. The Morgan fingerprint density at radius 3 is 2.72 bits per heavy atom. The average Bonchev–Trinajstić information content (AvgIpc) is 2.78. The maximum absolute atomic E-state index is 11.8. The summed E-state index contributed by atoms with van der Waals surface area (Å²) in [4.78, 5) is 11.8. The molecule has 5 nitrogen and oxygen atoms in total. The highest BCUT2D eigenvalue weighted by Gasteiger charge is 2.15. The van der Waals surface area contributed by atoms with Gasteiger partial charge in [-0.05, 0) is 26.7 Å². The van der Waals surface area contributed by atoms with Gasteiger partial charge in [-0.1, -0.05) is 19.3 Å². The SMILES string of the molecule is CC(C)n1cc(NC(=O)NC2CCCCC2)cn1. The van der Waals surface area contributed by atoms with Crippen LogP contribution in [0, 0.1) is 0 Å². The van der Waals surface area contributed by atoms with Crippen LogP contribution in [-0.2, 0) is 0 Å². The van der Waals surface area contributed by atoms with Crippen molar-refractivity contribution in [3.05, 3.63) is 12.4 Å². The molecule has 1 aromatic heterocycles. The van der Waals surface area contributed by atoms with E-state index in [2.05, 4.69) is 29.6 Å². The van der Waals surface area contributed by atoms with Gasteiger partial charge in [-0.2, -0.15) is 5.10 Å². The molecule has 0 spiro atoms. The summed E-state index contributed by atoms with van der Waals surface area (Å²) in [6.07, 6.45) is 9.45. The van der Waals surface area contributed by atoms with Gasteiger partial charge >= 0.3 is 6.03 Å². The lowest BCUT2D eigenvalue weighted by atomic mass is 9.96. The smallest absolute Gasteiger partial charge is 0.319 e. The Kier molecular flexibility index (Phi) is 4.23. The van der Waals surface area contributed by atoms with E-state index in [0.717, 1.165) is 18.5 Å². The zero-order valence-electron chi connectivity index (χ0n) is 11.1. The Bertz CT molecular complexity index is 393. The van der Waals surface area contributed by atoms with Gasteiger partial charge in [-0.3, -0.25) is 4.68 Å². The van der Waals surface area contributed by atoms with Crippen molar-refractivity contribution in [2.45, 2.75) is 58.0 Å². The summed E-state index contributed by atoms with van der Waals surface area (Å²) in [5, 5.41) is 10.0. The normalized spacial score (nSPS) is 16.8. The molecule has 0 saturated heterocycles. The van der Waals surface area contributed by atoms with Crippen LogP contribution in [0.2, 0.25) is 0 Å². The van der Waals surface area contributed by atoms with E-state index in [1.807, 2.05) is 10.9 Å². The minimum atomic E-state index is -0.120. The molecule has 0 unspecified atom stereocenters. The summed E-state index contributed by atoms with van der Waals surface area (Å²) in [5.41, 5.74) is 0.747. The first-order valence-electron chi connectivity index (χ1n) is 6.77. The van der Waals surface area contributed by atoms with Crippen LogP contribution < -0.4 is 10.6 Å². The highest BCUT2D eigenvalue weighted by atomic mass is 16.2. The van der Waals surface area contributed by atoms with Gasteiger partial charge in [-0.25, -0.2) is 4.79 Å². The zero-order valence-corrected chi connectivity index (χ0v) is 11.1. The quantitative estimate of drug-likeness (QED) is 0.866. The van der Waals surface area contributed by atoms with Crippen molar-refractivity contribution in [2.24, 2.45) is 0 Å². The molecule has 2 amide bonds. The second-order valence-electron chi connectivity index (χ2n) is 5.24. The van der Waals surface area contributed by atoms with E-state index < -0.39 is 0 Å². The predicted octanol–water partition coefficient (Wildman–Crippen LogP) is 2.92. The molecule has 1 fully saturated rings. The molecule has 100 valence electrons. The molecule has 1 heterocycles. The number of nitrogens with one attached hydrogen (secondary N) is 2. The predicted molar refractivity (Wildman–Crippen MR) is 71.6 cm³/mol. The minimum absolute atomic E-state index is 0.120. The average molecular weight is 250 g/mol. The summed E-state index contributed by atoms with van der Waals surface area (Å²) in [7, 11) is 0. The minimum Gasteiger partial charge on any atom is -0.335 e. The first kappa shape index (κ1) is 12.9. The maximum atomic E-state index is 11.8. The fourth-order valence-electron chi connectivity index (χ4n) is 2.28. The Morgan fingerprint density at radius 1 is 1.39 bits per heavy atom. The lowest BCUT2D eigenvalue weighted by Gasteiger charge is -2.22. The van der Waals surface area contributed by atoms with Crippen molar-refractivity contribution in [2.75, 3.05) is 5.32 Å². The molecule has 1 aromatic rings. The largest absolute Gasteiger partial charge is 0.335 e. The molecule has 5 heteroatoms. The lowest BCUT2D eigenvalue weighted by Crippen LogP contribution is -2.38. The van der Waals surface area contributed by atoms with Gasteiger partial charge in [0.25, 0.3) is 0 Å². The van der Waals surface area contributed by atoms with Crippen molar-refractivity contribution in [3.8, 4) is 0 Å². The van der Waals surface area contributed by atoms with Crippen LogP contribution in [0.15, 0.2) is 12.4 Å². The Morgan fingerprint density at radius 2 is 2.11 bits per heavy atom. The van der Waals surface area contributed by atoms with Gasteiger partial charge in [0, 0.05) is 18.3 Å². The van der Waals surface area contributed by atoms with Gasteiger partial charge < -0.3 is 10.6 Å². The molecular formula is C13H22N4O. The third-order valence-corrected chi connectivity index (χ3v) is 3.33. The van der Waals surface area contributed by atoms with Gasteiger partial charge in [0.15, 0.2) is 0 Å². The number of urea groups is 1. The first-order chi connectivity index (χ1) is 8.65. The van der Waals surface area contributed by atoms with Crippen LogP contribution in [0.1, 0.15) is 52.0 Å². The molecule has 0 radical (unpaired) electrons. The molecule has 0 atom stereocenters. The van der Waals surface area contributed by atoms with Gasteiger partial charge in [0.1, 0.15) is 0 Å². The Labute approximate surface area is 108 Å². The molecule has 0 aromatic carbocycles. The van der Waals surface area contributed by atoms with E-state index in [1.54, 1.807) is 6.20 Å². The first-order valence-corrected chi connectivity index (χ1v) is 6.77. The molecule has 0 aliphatic heterocycles. The summed E-state index contributed by atoms with van der Waals surface area (Å²) < 4.78 is 1.83. The Hall–Kier alpha value is -1.52. The van der Waals surface area contributed by atoms with Crippen LogP contribution in [0.3, 0.4) is 0 Å². The van der Waals surface area contributed by atoms with Crippen molar-refractivity contribution in [3.63, 3.8) is 0 Å². The van der Waals surface area contributed by atoms with E-state index in [1.165, 1.54) is 19.3 Å². The fraction of sp³-hybridized carbons (Fsp3) is 0.692. The highest BCUT2D eigenvalue weighted by molar-refractivity contribution is 5.89. The van der Waals surface area contributed by atoms with Crippen molar-refractivity contribution in [1.82, 2.24) is 15.1 Å². The number of nitrogens with zero attached hydrogens (tertiary/aromatic N) is 2. The van der Waals surface area contributed by atoms with Crippen LogP contribution in [0.25, 0.3) is 0 Å². The number of amides is 2. The van der Waals surface area contributed by atoms with Crippen LogP contribution >= 0.6 is 0 Å². The van der Waals surface area contributed by atoms with E-state index in [4.69, 9.17) is 0 Å². The molecule has 0 bridgehead atoms. The van der Waals surface area contributed by atoms with Crippen molar-refractivity contribution in [1.29, 1.82) is 0 Å². The standard InChI is InChI=1S/C13H22N4O/c1-10(2)17-9-12(8-14-17)16-13(18)15-11-6-4-3-5-7-11/h8-11H,3-7H2,1-2H3,(H2,15,16,18). The van der Waals surface area contributed by atoms with E-state index >= 15 is 0 Å². The second kappa shape index (κ2) is 5.89. The van der Waals surface area contributed by atoms with Gasteiger partial charge in [0.05, 0.1) is 11.9 Å². The summed E-state index contributed by atoms with van der Waals surface area (Å²) in [6, 6.07) is 0.519. The third kappa shape index (κ3) is 3.48. The van der Waals surface area contributed by atoms with Crippen LogP contribution in [0.4, 0.5) is 10.5 Å². The number of hydrogen-bond acceptors (Lipinski definition) is 2. The monoisotopic (exact) mass is 250 g/mol. The number of carbonyl (C=O) groups excluding carboxylic acids is 1. The van der Waals surface area contributed by atoms with Crippen LogP contribution in [-0.4, -0.2) is 21.9 Å². The molecule has 2 N–H and O–H groups in total. The Balaban J connectivity index is 1.82. The third-order valence-electron chi connectivity index (χ3n) is 3.33. The fourth-order valence-corrected chi connectivity index (χ4v) is 2.28. The second-order valence-corrected chi connectivity index (χ2v) is 5.24. The van der Waals surface area contributed by atoms with E-state index in [0.29, 0.717) is 12.1 Å². The van der Waals surface area contributed by atoms with Crippen molar-refractivity contribution >= 4 is 11.7 Å². The van der Waals surface area contributed by atoms with Crippen molar-refractivity contribution < 1.29 is 4.79 Å². The van der Waals surface area contributed by atoms with Crippen LogP contribution in [0.5, 0.6) is 0 Å². The number of hydrogen-bond donors (Lipinski definition) is 2. The molecule has 18 heavy (non-hydrogen) atoms. The van der Waals surface area contributed by atoms with E-state index in [9.17, 15) is 4.79 Å². The number of aromatic nitrogens is 2. The molecular weight excluding hydrogens is 228 g/mol. The molecule has 1 aliphatic carbocycles. The molecule has 2 rings (SSSR count). The summed E-state index contributed by atoms with van der Waals surface area (Å²) in [6.45, 7) is 4.11. The number of anilines is 1. The number of carbonyl (C=O) groups is 1. The maximum Gasteiger partial charge on any atom is 0.319 e. The summed E-state index contributed by atoms with van der Waals surface area (Å²) >= 11 is 0. The molecule has 1 saturated carbocycles. The lowest BCUT2D eigenvalue weighted by molar-refractivity contribution is 0.244. The summed E-state index contributed by atoms with van der Waals surface area (Å²) in [5.74, 6) is 0. The topological polar surface area (TPSA) is 59.0 Å². The van der Waals surface area contributed by atoms with E-state index in [-0.39, 0.29) is 6.03 Å². The van der Waals surface area contributed by atoms with Gasteiger partial charge in [0.2, 0.25) is 0 Å².